The SMILES string of the molecule is CN1C(=O)c2cncnc2C1(C)C.CN1C(C)(C)c2ncncc2S1(=O)=O.CN1CC(C)(C)c2ncncc2C1=O.CN1Cc2cncnc2C(C)(C)C1=O.CN1Cc2cncnc2C(C)(C)S1(=O)=O.CN1Cc2cncnc2C(C)(C)S1=O.CN1Cc2cncnc2C1(C)C.CN1S(=O)c2cncnc2C1(C)C. The van der Waals surface area contributed by atoms with E-state index >= 15 is 0 Å². The minimum absolute atomic E-state index is 0.000556. The zero-order valence-corrected chi connectivity index (χ0v) is 69.6. The van der Waals surface area contributed by atoms with Crippen molar-refractivity contribution in [3.63, 3.8) is 0 Å². The number of carbonyl (C=O) groups excluding carboxylic acids is 3. The predicted molar refractivity (Wildman–Crippen MR) is 407 cm³/mol. The second-order valence-electron chi connectivity index (χ2n) is 31.5. The molecule has 8 aliphatic heterocycles. The molecule has 0 radical (unpaired) electrons. The number of carbonyl (C=O) groups is 3. The van der Waals surface area contributed by atoms with Crippen LogP contribution in [0.4, 0.5) is 0 Å². The number of hydrogen-bond donors (Lipinski definition) is 0. The molecule has 0 bridgehead atoms. The normalized spacial score (nSPS) is 22.2. The van der Waals surface area contributed by atoms with Gasteiger partial charge in [-0.15, -0.1) is 0 Å². The Bertz CT molecular complexity index is 4920. The van der Waals surface area contributed by atoms with Gasteiger partial charge in [-0.3, -0.25) is 19.3 Å². The van der Waals surface area contributed by atoms with E-state index in [1.165, 1.54) is 70.4 Å². The van der Waals surface area contributed by atoms with E-state index in [0.717, 1.165) is 56.6 Å². The number of amides is 3. The largest absolute Gasteiger partial charge is 0.341 e. The van der Waals surface area contributed by atoms with Gasteiger partial charge >= 0.3 is 0 Å². The molecule has 0 fully saturated rings. The van der Waals surface area contributed by atoms with E-state index in [0.29, 0.717) is 48.7 Å². The van der Waals surface area contributed by atoms with E-state index in [1.807, 2.05) is 93.8 Å². The van der Waals surface area contributed by atoms with Gasteiger partial charge in [0, 0.05) is 153 Å². The first-order chi connectivity index (χ1) is 50.6. The molecule has 2 atom stereocenters. The van der Waals surface area contributed by atoms with Crippen LogP contribution in [0, 0.1) is 0 Å². The van der Waals surface area contributed by atoms with Crippen molar-refractivity contribution in [2.45, 2.75) is 189 Å². The fraction of sp³-hybridized carbons (Fsp3) is 0.514. The highest BCUT2D eigenvalue weighted by Crippen LogP contribution is 2.43. The van der Waals surface area contributed by atoms with E-state index in [4.69, 9.17) is 0 Å². The molecule has 0 spiro atoms. The lowest BCUT2D eigenvalue weighted by molar-refractivity contribution is -0.136. The molecule has 109 heavy (non-hydrogen) atoms. The third-order valence-electron chi connectivity index (χ3n) is 21.1. The van der Waals surface area contributed by atoms with Crippen LogP contribution in [0.5, 0.6) is 0 Å². The Labute approximate surface area is 643 Å². The van der Waals surface area contributed by atoms with Crippen molar-refractivity contribution in [2.24, 2.45) is 0 Å². The number of rotatable bonds is 0. The van der Waals surface area contributed by atoms with Crippen molar-refractivity contribution >= 4 is 59.7 Å². The third-order valence-corrected chi connectivity index (χ3v) is 28.9. The number of nitrogens with zero attached hydrogens (tertiary/aromatic N) is 24. The second-order valence-corrected chi connectivity index (χ2v) is 39.6. The number of fused-ring (bicyclic) bond motifs is 8. The molecule has 0 aromatic carbocycles. The van der Waals surface area contributed by atoms with Crippen LogP contribution in [0.3, 0.4) is 0 Å². The summed E-state index contributed by atoms with van der Waals surface area (Å²) in [7, 11) is 5.51. The minimum Gasteiger partial charge on any atom is -0.341 e. The first-order valence-corrected chi connectivity index (χ1v) is 39.8. The Hall–Kier alpha value is -8.95. The van der Waals surface area contributed by atoms with E-state index in [9.17, 15) is 39.6 Å². The highest BCUT2D eigenvalue weighted by atomic mass is 32.2. The van der Waals surface area contributed by atoms with Gasteiger partial charge in [0.2, 0.25) is 26.0 Å². The van der Waals surface area contributed by atoms with Gasteiger partial charge in [0.1, 0.15) is 82.2 Å². The van der Waals surface area contributed by atoms with Crippen LogP contribution in [-0.4, -0.2) is 222 Å². The van der Waals surface area contributed by atoms with Crippen LogP contribution in [0.1, 0.15) is 199 Å². The topological polar surface area (TPSA) is 386 Å². The van der Waals surface area contributed by atoms with Crippen molar-refractivity contribution in [3.05, 3.63) is 179 Å². The molecule has 33 nitrogen and oxygen atoms in total. The van der Waals surface area contributed by atoms with E-state index in [2.05, 4.69) is 119 Å². The molecule has 2 unspecified atom stereocenters. The highest BCUT2D eigenvalue weighted by molar-refractivity contribution is 7.90. The van der Waals surface area contributed by atoms with Gasteiger partial charge in [0.05, 0.1) is 100 Å². The maximum absolute atomic E-state index is 12.1. The zero-order valence-electron chi connectivity index (χ0n) is 66.3. The second kappa shape index (κ2) is 31.1. The van der Waals surface area contributed by atoms with Crippen LogP contribution in [0.2, 0.25) is 0 Å². The Morgan fingerprint density at radius 3 is 1.36 bits per heavy atom. The van der Waals surface area contributed by atoms with Crippen LogP contribution in [0.15, 0.2) is 110 Å². The summed E-state index contributed by atoms with van der Waals surface area (Å²) in [6, 6.07) is 0. The molecule has 16 rings (SSSR count). The fourth-order valence-electron chi connectivity index (χ4n) is 13.7. The molecule has 37 heteroatoms. The van der Waals surface area contributed by atoms with Crippen molar-refractivity contribution in [2.75, 3.05) is 62.9 Å². The van der Waals surface area contributed by atoms with Crippen LogP contribution in [-0.2, 0) is 115 Å². The number of likely N-dealkylation sites (N-methyl/N-ethyl adjacent to an activating group) is 2. The number of sulfonamides is 2. The predicted octanol–water partition coefficient (Wildman–Crippen LogP) is 5.85. The van der Waals surface area contributed by atoms with Crippen molar-refractivity contribution in [1.29, 1.82) is 0 Å². The maximum atomic E-state index is 12.1. The Balaban J connectivity index is 0.000000144. The Morgan fingerprint density at radius 1 is 0.404 bits per heavy atom. The Morgan fingerprint density at radius 2 is 0.835 bits per heavy atom. The molecular weight excluding hydrogens is 1470 g/mol. The minimum atomic E-state index is -3.38. The van der Waals surface area contributed by atoms with Gasteiger partial charge in [-0.2, -0.15) is 8.61 Å². The summed E-state index contributed by atoms with van der Waals surface area (Å²) in [5.41, 5.74) is 10.4. The summed E-state index contributed by atoms with van der Waals surface area (Å²) >= 11 is 0. The van der Waals surface area contributed by atoms with Crippen LogP contribution in [0.25, 0.3) is 0 Å². The first kappa shape index (κ1) is 84.1. The zero-order chi connectivity index (χ0) is 80.9. The standard InChI is InChI=1S/2C10H13N3O.C9H13N3O2S.C9H13N3OS.C9H11N3O.C9H13N3.C8H11N3O2S.C8H11N3OS/c1-10(2)5-13(3)9(14)7-4-11-6-12-8(7)10;1-10(2)8-7(4-11-6-12-8)5-13(3)9(10)14;1-9(2)8-7(4-10-6-11-8)5-12(3)15(9,13)14;1-9(2)8-7(4-10-6-11-8)5-12(3)14(9)13;1-9(2)7-6(4-10-5-11-7)8(13)12(9)3;1-9(2)8-7(5-12(9)3)4-10-6-11-8;1-8(2)7-6(4-9-5-10-7)14(12,13)11(8)3;1-8(2)7-6(4-9-5-10-7)13(12)11(8)3/h2*4,6H,5H2,1-3H3;4,6H,5H2,1-3H3;4,6H,5H2,1-3H3;4-5H,1-3H3;4,6H,5H2,1-3H3;4-5H,1-3H3;4-5H,1-3H3. The van der Waals surface area contributed by atoms with Gasteiger partial charge in [-0.1, -0.05) is 13.8 Å². The molecule has 8 aromatic rings. The maximum Gasteiger partial charge on any atom is 0.257 e. The molecular formula is C72H98N24O9S4. The lowest BCUT2D eigenvalue weighted by Gasteiger charge is -2.35. The lowest BCUT2D eigenvalue weighted by Crippen LogP contribution is -2.46. The molecule has 16 heterocycles. The lowest BCUT2D eigenvalue weighted by atomic mass is 9.82. The van der Waals surface area contributed by atoms with Crippen LogP contribution >= 0.6 is 0 Å². The molecule has 0 saturated carbocycles. The van der Waals surface area contributed by atoms with Gasteiger partial charge in [-0.05, 0) is 104 Å². The first-order valence-electron chi connectivity index (χ1n) is 34.7. The van der Waals surface area contributed by atoms with Gasteiger partial charge < -0.3 is 14.7 Å². The molecule has 0 saturated heterocycles. The summed E-state index contributed by atoms with van der Waals surface area (Å²) < 4.78 is 76.5. The summed E-state index contributed by atoms with van der Waals surface area (Å²) in [6.07, 6.45) is 25.2. The highest BCUT2D eigenvalue weighted by Gasteiger charge is 2.50. The third kappa shape index (κ3) is 15.8. The average Bonchev–Trinajstić information content (AvgIpc) is 1.56. The molecule has 0 aliphatic carbocycles. The number of aromatic nitrogens is 16. The fourth-order valence-corrected chi connectivity index (χ4v) is 19.8. The van der Waals surface area contributed by atoms with E-state index in [1.54, 1.807) is 112 Å². The molecule has 584 valence electrons. The molecule has 3 amide bonds. The summed E-state index contributed by atoms with van der Waals surface area (Å²) in [4.78, 5) is 108. The smallest absolute Gasteiger partial charge is 0.257 e. The molecule has 8 aromatic heterocycles. The summed E-state index contributed by atoms with van der Waals surface area (Å²) in [5, 5.41) is 0. The van der Waals surface area contributed by atoms with Crippen LogP contribution < -0.4 is 0 Å². The number of hydrogen-bond acceptors (Lipinski definition) is 26. The van der Waals surface area contributed by atoms with Gasteiger partial charge in [0.25, 0.3) is 11.8 Å². The summed E-state index contributed by atoms with van der Waals surface area (Å²) in [5.74, 6) is 0.129. The average molecular weight is 1570 g/mol. The van der Waals surface area contributed by atoms with E-state index < -0.39 is 62.5 Å². The monoisotopic (exact) mass is 1570 g/mol. The van der Waals surface area contributed by atoms with Crippen molar-refractivity contribution < 1.29 is 39.6 Å². The van der Waals surface area contributed by atoms with Gasteiger partial charge in [-0.25, -0.2) is 114 Å². The van der Waals surface area contributed by atoms with Gasteiger partial charge in [0.15, 0.2) is 0 Å². The Kier molecular flexibility index (Phi) is 24.0. The van der Waals surface area contributed by atoms with Crippen molar-refractivity contribution in [3.8, 4) is 0 Å². The molecule has 0 N–H and O–H groups in total. The summed E-state index contributed by atoms with van der Waals surface area (Å²) in [6.45, 7) is 34.5. The van der Waals surface area contributed by atoms with E-state index in [-0.39, 0.29) is 44.6 Å². The quantitative estimate of drug-likeness (QED) is 0.172. The van der Waals surface area contributed by atoms with Crippen molar-refractivity contribution in [1.82, 2.24) is 117 Å². The molecule has 8 aliphatic rings.